The fraction of sp³-hybridized carbons (Fsp3) is 0.833. The van der Waals surface area contributed by atoms with Crippen molar-refractivity contribution in [1.82, 2.24) is 26.4 Å². The predicted molar refractivity (Wildman–Crippen MR) is 134 cm³/mol. The fourth-order valence-corrected chi connectivity index (χ4v) is 8.08. The monoisotopic (exact) mass is 479 g/mol. The van der Waals surface area contributed by atoms with Gasteiger partial charge in [-0.1, -0.05) is 39.9 Å². The van der Waals surface area contributed by atoms with E-state index in [0.29, 0.717) is 13.0 Å². The summed E-state index contributed by atoms with van der Waals surface area (Å²) in [5.41, 5.74) is 7.04. The molecule has 1 unspecified atom stereocenters. The lowest BCUT2D eigenvalue weighted by Gasteiger charge is -2.49. The Labute approximate surface area is 200 Å². The smallest absolute Gasteiger partial charge is 0.318 e. The number of carbonyl (C=O) groups is 2. The Morgan fingerprint density at radius 3 is 2.30 bits per heavy atom. The molecule has 3 aliphatic rings. The maximum Gasteiger partial charge on any atom is 0.318 e. The van der Waals surface area contributed by atoms with Crippen molar-refractivity contribution in [3.63, 3.8) is 0 Å². The molecule has 2 heterocycles. The molecule has 0 spiro atoms. The van der Waals surface area contributed by atoms with E-state index in [-0.39, 0.29) is 35.1 Å². The molecule has 33 heavy (non-hydrogen) atoms. The highest BCUT2D eigenvalue weighted by atomic mass is 28.3. The molecule has 0 saturated heterocycles. The Bertz CT molecular complexity index is 821. The zero-order chi connectivity index (χ0) is 25.0. The minimum absolute atomic E-state index is 0.138. The van der Waals surface area contributed by atoms with E-state index in [1.165, 1.54) is 0 Å². The van der Waals surface area contributed by atoms with Gasteiger partial charge in [-0.15, -0.1) is 0 Å². The van der Waals surface area contributed by atoms with Gasteiger partial charge in [-0.05, 0) is 52.9 Å². The van der Waals surface area contributed by atoms with Crippen LogP contribution in [-0.2, 0) is 4.79 Å². The number of aliphatic hydroxyl groups is 1. The first kappa shape index (κ1) is 26.0. The average molecular weight is 480 g/mol. The van der Waals surface area contributed by atoms with Gasteiger partial charge >= 0.3 is 6.03 Å². The van der Waals surface area contributed by atoms with Crippen LogP contribution >= 0.6 is 0 Å². The van der Waals surface area contributed by atoms with Gasteiger partial charge in [0.25, 0.3) is 0 Å². The SMILES string of the molecule is CC(C)[C@@H](CC(C)(C)O)NC(=O)N1CC2=C(NNC2NC(=O)C2([Si](C)(C)C)CCC2)C1(C)C. The molecule has 5 N–H and O–H groups in total. The summed E-state index contributed by atoms with van der Waals surface area (Å²) in [4.78, 5) is 28.6. The normalized spacial score (nSPS) is 24.8. The second kappa shape index (κ2) is 8.57. The maximum atomic E-state index is 13.4. The van der Waals surface area contributed by atoms with Gasteiger partial charge in [0.15, 0.2) is 0 Å². The van der Waals surface area contributed by atoms with E-state index in [0.717, 1.165) is 30.5 Å². The molecule has 3 amide bonds. The van der Waals surface area contributed by atoms with Crippen molar-refractivity contribution < 1.29 is 14.7 Å². The number of hydrogen-bond acceptors (Lipinski definition) is 5. The molecule has 8 nitrogen and oxygen atoms in total. The third-order valence-electron chi connectivity index (χ3n) is 8.06. The molecule has 188 valence electrons. The molecule has 0 aromatic carbocycles. The number of amides is 3. The van der Waals surface area contributed by atoms with Crippen LogP contribution in [0.5, 0.6) is 0 Å². The first-order valence-corrected chi connectivity index (χ1v) is 15.9. The van der Waals surface area contributed by atoms with Gasteiger partial charge in [0.05, 0.1) is 24.9 Å². The Hall–Kier alpha value is -1.58. The van der Waals surface area contributed by atoms with E-state index >= 15 is 0 Å². The predicted octanol–water partition coefficient (Wildman–Crippen LogP) is 3.04. The van der Waals surface area contributed by atoms with E-state index in [2.05, 4.69) is 55.0 Å². The number of hydrazine groups is 1. The van der Waals surface area contributed by atoms with Crippen LogP contribution in [0, 0.1) is 5.92 Å². The summed E-state index contributed by atoms with van der Waals surface area (Å²) in [6.45, 7) is 18.9. The number of rotatable bonds is 7. The third kappa shape index (κ3) is 4.82. The van der Waals surface area contributed by atoms with Crippen LogP contribution in [-0.4, -0.2) is 59.9 Å². The fourth-order valence-electron chi connectivity index (χ4n) is 5.47. The van der Waals surface area contributed by atoms with Gasteiger partial charge in [0, 0.05) is 23.2 Å². The Balaban J connectivity index is 1.72. The van der Waals surface area contributed by atoms with Gasteiger partial charge < -0.3 is 26.1 Å². The second-order valence-electron chi connectivity index (χ2n) is 12.7. The average Bonchev–Trinajstić information content (AvgIpc) is 3.09. The molecular formula is C24H45N5O3Si. The van der Waals surface area contributed by atoms with Crippen LogP contribution in [0.25, 0.3) is 0 Å². The summed E-state index contributed by atoms with van der Waals surface area (Å²) in [7, 11) is -1.67. The van der Waals surface area contributed by atoms with E-state index in [4.69, 9.17) is 0 Å². The van der Waals surface area contributed by atoms with Crippen molar-refractivity contribution in [2.45, 2.75) is 115 Å². The molecule has 0 radical (unpaired) electrons. The van der Waals surface area contributed by atoms with Gasteiger partial charge in [-0.2, -0.15) is 0 Å². The lowest BCUT2D eigenvalue weighted by Crippen LogP contribution is -2.60. The Morgan fingerprint density at radius 2 is 1.85 bits per heavy atom. The topological polar surface area (TPSA) is 106 Å². The zero-order valence-corrected chi connectivity index (χ0v) is 23.0. The lowest BCUT2D eigenvalue weighted by atomic mass is 9.83. The molecule has 1 saturated carbocycles. The van der Waals surface area contributed by atoms with Crippen molar-refractivity contribution in [1.29, 1.82) is 0 Å². The van der Waals surface area contributed by atoms with Gasteiger partial charge in [0.1, 0.15) is 6.17 Å². The van der Waals surface area contributed by atoms with Crippen LogP contribution in [0.15, 0.2) is 11.3 Å². The van der Waals surface area contributed by atoms with Gasteiger partial charge in [-0.3, -0.25) is 4.79 Å². The zero-order valence-electron chi connectivity index (χ0n) is 22.0. The molecule has 3 rings (SSSR count). The van der Waals surface area contributed by atoms with Crippen LogP contribution in [0.2, 0.25) is 24.7 Å². The second-order valence-corrected chi connectivity index (χ2v) is 18.2. The summed E-state index contributed by atoms with van der Waals surface area (Å²) in [6.07, 6.45) is 3.21. The van der Waals surface area contributed by atoms with E-state index in [9.17, 15) is 14.7 Å². The highest BCUT2D eigenvalue weighted by Gasteiger charge is 2.55. The molecule has 0 aromatic heterocycles. The molecule has 1 aliphatic carbocycles. The summed E-state index contributed by atoms with van der Waals surface area (Å²) >= 11 is 0. The number of nitrogens with one attached hydrogen (secondary N) is 4. The first-order valence-electron chi connectivity index (χ1n) is 12.4. The van der Waals surface area contributed by atoms with Crippen molar-refractivity contribution >= 4 is 20.0 Å². The minimum atomic E-state index is -1.67. The van der Waals surface area contributed by atoms with Gasteiger partial charge in [-0.25, -0.2) is 10.2 Å². The largest absolute Gasteiger partial charge is 0.390 e. The van der Waals surface area contributed by atoms with Crippen molar-refractivity contribution in [3.05, 3.63) is 11.3 Å². The molecule has 2 atom stereocenters. The molecular weight excluding hydrogens is 434 g/mol. The number of carbonyl (C=O) groups excluding carboxylic acids is 2. The Kier molecular flexibility index (Phi) is 6.76. The molecule has 0 bridgehead atoms. The van der Waals surface area contributed by atoms with Crippen LogP contribution in [0.4, 0.5) is 4.79 Å². The third-order valence-corrected chi connectivity index (χ3v) is 11.7. The standard InChI is InChI=1S/C24H45N5O3Si/c1-15(2)17(13-22(3,4)32)25-21(31)29-14-16-18(23(29,5)6)27-28-19(16)26-20(30)24(11-10-12-24)33(7,8)9/h15,17,19,27-28,32H,10-14H2,1-9H3,(H,25,31)(H,26,30)/t17-,19?/m1/s1. The molecule has 9 heteroatoms. The Morgan fingerprint density at radius 1 is 1.24 bits per heavy atom. The van der Waals surface area contributed by atoms with Crippen molar-refractivity contribution in [2.75, 3.05) is 6.54 Å². The van der Waals surface area contributed by atoms with Crippen molar-refractivity contribution in [3.8, 4) is 0 Å². The molecule has 1 fully saturated rings. The summed E-state index contributed by atoms with van der Waals surface area (Å²) in [5, 5.41) is 16.5. The van der Waals surface area contributed by atoms with Gasteiger partial charge in [0.2, 0.25) is 5.91 Å². The highest BCUT2D eigenvalue weighted by Crippen LogP contribution is 2.55. The number of nitrogens with zero attached hydrogens (tertiary/aromatic N) is 1. The summed E-state index contributed by atoms with van der Waals surface area (Å²) in [6, 6.07) is -0.290. The van der Waals surface area contributed by atoms with Crippen molar-refractivity contribution in [2.24, 2.45) is 5.92 Å². The first-order chi connectivity index (χ1) is 15.0. The summed E-state index contributed by atoms with van der Waals surface area (Å²) < 4.78 is 0. The minimum Gasteiger partial charge on any atom is -0.390 e. The quantitative estimate of drug-likeness (QED) is 0.361. The highest BCUT2D eigenvalue weighted by molar-refractivity contribution is 6.82. The summed E-state index contributed by atoms with van der Waals surface area (Å²) in [5.74, 6) is 0.338. The number of urea groups is 1. The molecule has 2 aliphatic heterocycles. The van der Waals surface area contributed by atoms with Crippen LogP contribution in [0.3, 0.4) is 0 Å². The van der Waals surface area contributed by atoms with E-state index in [1.54, 1.807) is 13.8 Å². The van der Waals surface area contributed by atoms with E-state index < -0.39 is 19.2 Å². The molecule has 0 aromatic rings. The lowest BCUT2D eigenvalue weighted by molar-refractivity contribution is -0.127. The van der Waals surface area contributed by atoms with E-state index in [1.807, 2.05) is 18.7 Å². The van der Waals surface area contributed by atoms with Crippen LogP contribution in [0.1, 0.15) is 67.2 Å². The number of hydrogen-bond donors (Lipinski definition) is 5. The van der Waals surface area contributed by atoms with Crippen LogP contribution < -0.4 is 21.5 Å². The maximum absolute atomic E-state index is 13.4.